The van der Waals surface area contributed by atoms with Crippen molar-refractivity contribution in [3.05, 3.63) is 33.8 Å². The molecule has 5 nitrogen and oxygen atoms in total. The molecule has 0 radical (unpaired) electrons. The Morgan fingerprint density at radius 1 is 1.27 bits per heavy atom. The molecule has 1 aromatic carbocycles. The first-order valence-electron chi connectivity index (χ1n) is 4.34. The van der Waals surface area contributed by atoms with Crippen molar-refractivity contribution in [2.24, 2.45) is 15.4 Å². The van der Waals surface area contributed by atoms with Gasteiger partial charge in [0.1, 0.15) is 11.0 Å². The van der Waals surface area contributed by atoms with Crippen molar-refractivity contribution in [2.75, 3.05) is 0 Å². The highest BCUT2D eigenvalue weighted by Gasteiger charge is 2.16. The van der Waals surface area contributed by atoms with Gasteiger partial charge < -0.3 is 5.11 Å². The third kappa shape index (κ3) is 1.03. The predicted molar refractivity (Wildman–Crippen MR) is 51.8 cm³/mol. The number of carboxylic acids is 1. The van der Waals surface area contributed by atoms with Crippen LogP contribution in [0, 0.1) is 0 Å². The Bertz CT molecular complexity index is 656. The van der Waals surface area contributed by atoms with Crippen LogP contribution in [0.15, 0.2) is 33.1 Å². The second kappa shape index (κ2) is 2.60. The molecule has 0 saturated carbocycles. The van der Waals surface area contributed by atoms with Gasteiger partial charge in [-0.3, -0.25) is 0 Å². The van der Waals surface area contributed by atoms with Crippen LogP contribution >= 0.6 is 0 Å². The third-order valence-electron chi connectivity index (χ3n) is 2.38. The molecule has 1 aromatic rings. The summed E-state index contributed by atoms with van der Waals surface area (Å²) in [4.78, 5) is 10.8. The third-order valence-corrected chi connectivity index (χ3v) is 2.38. The molecular weight excluding hydrogens is 194 g/mol. The minimum atomic E-state index is -0.938. The number of rotatable bonds is 1. The Labute approximate surface area is 83.8 Å². The van der Waals surface area contributed by atoms with Crippen molar-refractivity contribution >= 4 is 23.8 Å². The van der Waals surface area contributed by atoms with Crippen molar-refractivity contribution in [3.63, 3.8) is 0 Å². The number of fused-ring (bicyclic) bond motifs is 3. The van der Waals surface area contributed by atoms with E-state index in [0.717, 1.165) is 10.8 Å². The van der Waals surface area contributed by atoms with Gasteiger partial charge in [-0.25, -0.2) is 4.79 Å². The van der Waals surface area contributed by atoms with Crippen LogP contribution in [0.3, 0.4) is 0 Å². The minimum absolute atomic E-state index is 0.264. The van der Waals surface area contributed by atoms with Crippen molar-refractivity contribution in [3.8, 4) is 0 Å². The summed E-state index contributed by atoms with van der Waals surface area (Å²) in [5, 5.41) is 21.6. The standard InChI is InChI=1S/C10H5N3O2/c14-10(15)6-3-5-1-2-8-9(7(5)4-6)12-13-11-8/h1-4H,(H,14,15). The molecule has 72 valence electrons. The molecule has 0 unspecified atom stereocenters. The zero-order valence-corrected chi connectivity index (χ0v) is 7.51. The Hall–Kier alpha value is -2.30. The number of carboxylic acid groups (broad SMARTS) is 1. The van der Waals surface area contributed by atoms with Gasteiger partial charge in [-0.1, -0.05) is 6.07 Å². The van der Waals surface area contributed by atoms with Crippen molar-refractivity contribution in [1.29, 1.82) is 0 Å². The first-order chi connectivity index (χ1) is 7.25. The molecule has 0 amide bonds. The predicted octanol–water partition coefficient (Wildman–Crippen LogP) is 0.581. The fraction of sp³-hybridized carbons (Fsp3) is 0. The SMILES string of the molecule is O=C(O)C1=Cc2c3c(ccc2=C1)=NN=N3. The lowest BCUT2D eigenvalue weighted by Crippen LogP contribution is -2.09. The van der Waals surface area contributed by atoms with E-state index >= 15 is 0 Å². The molecule has 1 heterocycles. The van der Waals surface area contributed by atoms with E-state index in [1.54, 1.807) is 18.2 Å². The molecule has 0 aromatic heterocycles. The maximum Gasteiger partial charge on any atom is 0.335 e. The maximum atomic E-state index is 10.8. The van der Waals surface area contributed by atoms with Gasteiger partial charge in [0.05, 0.1) is 5.57 Å². The molecule has 0 spiro atoms. The maximum absolute atomic E-state index is 10.8. The molecule has 0 saturated heterocycles. The van der Waals surface area contributed by atoms with E-state index in [0.29, 0.717) is 11.0 Å². The van der Waals surface area contributed by atoms with E-state index in [2.05, 4.69) is 15.4 Å². The fourth-order valence-corrected chi connectivity index (χ4v) is 1.68. The Morgan fingerprint density at radius 3 is 2.93 bits per heavy atom. The van der Waals surface area contributed by atoms with Gasteiger partial charge in [0, 0.05) is 5.56 Å². The van der Waals surface area contributed by atoms with Gasteiger partial charge in [0.2, 0.25) is 0 Å². The number of carbonyl (C=O) groups is 1. The smallest absolute Gasteiger partial charge is 0.335 e. The van der Waals surface area contributed by atoms with Crippen LogP contribution in [0.1, 0.15) is 5.56 Å². The average Bonchev–Trinajstić information content (AvgIpc) is 2.82. The van der Waals surface area contributed by atoms with Crippen molar-refractivity contribution in [1.82, 2.24) is 0 Å². The minimum Gasteiger partial charge on any atom is -0.478 e. The number of hydrogen-bond acceptors (Lipinski definition) is 4. The second-order valence-corrected chi connectivity index (χ2v) is 3.27. The van der Waals surface area contributed by atoms with Crippen LogP contribution in [0.25, 0.3) is 12.2 Å². The molecule has 2 aliphatic rings. The van der Waals surface area contributed by atoms with E-state index in [4.69, 9.17) is 5.11 Å². The Morgan fingerprint density at radius 2 is 2.13 bits per heavy atom. The van der Waals surface area contributed by atoms with Crippen LogP contribution in [-0.4, -0.2) is 11.1 Å². The Balaban J connectivity index is 2.34. The lowest BCUT2D eigenvalue weighted by Gasteiger charge is -1.93. The highest BCUT2D eigenvalue weighted by atomic mass is 16.4. The summed E-state index contributed by atoms with van der Waals surface area (Å²) in [6.07, 6.45) is 3.21. The zero-order chi connectivity index (χ0) is 10.4. The number of hydrogen-bond donors (Lipinski definition) is 1. The highest BCUT2D eigenvalue weighted by Crippen LogP contribution is 2.21. The van der Waals surface area contributed by atoms with Crippen LogP contribution in [-0.2, 0) is 4.79 Å². The lowest BCUT2D eigenvalue weighted by atomic mass is 10.1. The summed E-state index contributed by atoms with van der Waals surface area (Å²) in [6, 6.07) is 3.60. The summed E-state index contributed by atoms with van der Waals surface area (Å²) in [6.45, 7) is 0. The first-order valence-corrected chi connectivity index (χ1v) is 4.34. The second-order valence-electron chi connectivity index (χ2n) is 3.27. The van der Waals surface area contributed by atoms with Crippen molar-refractivity contribution in [2.45, 2.75) is 0 Å². The van der Waals surface area contributed by atoms with Crippen molar-refractivity contribution < 1.29 is 9.90 Å². The number of nitrogens with zero attached hydrogens (tertiary/aromatic N) is 3. The first kappa shape index (κ1) is 8.05. The normalized spacial score (nSPS) is 15.1. The van der Waals surface area contributed by atoms with E-state index in [-0.39, 0.29) is 5.57 Å². The van der Waals surface area contributed by atoms with Gasteiger partial charge in [0.25, 0.3) is 0 Å². The van der Waals surface area contributed by atoms with Gasteiger partial charge in [-0.15, -0.1) is 10.2 Å². The summed E-state index contributed by atoms with van der Waals surface area (Å²) in [5.41, 5.74) is 1.70. The van der Waals surface area contributed by atoms with E-state index in [1.165, 1.54) is 0 Å². The molecule has 1 aliphatic carbocycles. The molecule has 0 fully saturated rings. The van der Waals surface area contributed by atoms with Gasteiger partial charge in [-0.05, 0) is 28.7 Å². The molecule has 15 heavy (non-hydrogen) atoms. The van der Waals surface area contributed by atoms with Gasteiger partial charge in [0.15, 0.2) is 0 Å². The van der Waals surface area contributed by atoms with Gasteiger partial charge >= 0.3 is 5.97 Å². The van der Waals surface area contributed by atoms with E-state index in [1.807, 2.05) is 6.07 Å². The quantitative estimate of drug-likeness (QED) is 0.718. The van der Waals surface area contributed by atoms with Crippen LogP contribution < -0.4 is 10.6 Å². The molecule has 5 heteroatoms. The topological polar surface area (TPSA) is 74.4 Å². The summed E-state index contributed by atoms with van der Waals surface area (Å²) >= 11 is 0. The van der Waals surface area contributed by atoms with Crippen LogP contribution in [0.5, 0.6) is 0 Å². The van der Waals surface area contributed by atoms with E-state index in [9.17, 15) is 4.79 Å². The van der Waals surface area contributed by atoms with Crippen LogP contribution in [0.4, 0.5) is 5.69 Å². The zero-order valence-electron chi connectivity index (χ0n) is 7.51. The number of benzene rings is 1. The molecule has 0 atom stereocenters. The highest BCUT2D eigenvalue weighted by molar-refractivity contribution is 6.04. The number of aliphatic carboxylic acids is 1. The molecular formula is C10H5N3O2. The van der Waals surface area contributed by atoms with E-state index < -0.39 is 5.97 Å². The van der Waals surface area contributed by atoms with Crippen LogP contribution in [0.2, 0.25) is 0 Å². The molecule has 1 N–H and O–H groups in total. The molecule has 0 bridgehead atoms. The summed E-state index contributed by atoms with van der Waals surface area (Å²) in [5.74, 6) is -0.938. The van der Waals surface area contributed by atoms with Gasteiger partial charge in [-0.2, -0.15) is 0 Å². The molecule has 3 rings (SSSR count). The monoisotopic (exact) mass is 199 g/mol. The lowest BCUT2D eigenvalue weighted by molar-refractivity contribution is -0.132. The summed E-state index contributed by atoms with van der Waals surface area (Å²) < 4.78 is 0. The Kier molecular flexibility index (Phi) is 1.39. The fourth-order valence-electron chi connectivity index (χ4n) is 1.68. The average molecular weight is 199 g/mol. The largest absolute Gasteiger partial charge is 0.478 e. The summed E-state index contributed by atoms with van der Waals surface area (Å²) in [7, 11) is 0. The molecule has 1 aliphatic heterocycles.